The van der Waals surface area contributed by atoms with Gasteiger partial charge in [0.05, 0.1) is 22.5 Å². The lowest BCUT2D eigenvalue weighted by Gasteiger charge is -2.18. The number of amides is 2. The summed E-state index contributed by atoms with van der Waals surface area (Å²) < 4.78 is 29.1. The Bertz CT molecular complexity index is 1040. The summed E-state index contributed by atoms with van der Waals surface area (Å²) in [5.74, 6) is 0.390. The van der Waals surface area contributed by atoms with Crippen LogP contribution in [-0.2, 0) is 32.6 Å². The van der Waals surface area contributed by atoms with E-state index in [1.54, 1.807) is 23.1 Å². The van der Waals surface area contributed by atoms with Gasteiger partial charge in [-0.15, -0.1) is 0 Å². The Morgan fingerprint density at radius 1 is 1.03 bits per heavy atom. The molecule has 2 amide bonds. The number of rotatable bonds is 12. The molecule has 0 saturated carbocycles. The fourth-order valence-electron chi connectivity index (χ4n) is 3.75. The normalized spacial score (nSPS) is 11.8. The van der Waals surface area contributed by atoms with Crippen molar-refractivity contribution in [2.45, 2.75) is 58.9 Å². The lowest BCUT2D eigenvalue weighted by Crippen LogP contribution is -2.40. The number of imidazole rings is 1. The minimum Gasteiger partial charge on any atom is -0.347 e. The van der Waals surface area contributed by atoms with Crippen LogP contribution in [-0.4, -0.2) is 71.7 Å². The second-order valence-corrected chi connectivity index (χ2v) is 9.29. The van der Waals surface area contributed by atoms with Crippen molar-refractivity contribution >= 4 is 32.9 Å². The second kappa shape index (κ2) is 11.4. The van der Waals surface area contributed by atoms with Crippen LogP contribution in [0.15, 0.2) is 23.1 Å². The van der Waals surface area contributed by atoms with E-state index in [9.17, 15) is 18.0 Å². The van der Waals surface area contributed by atoms with E-state index in [4.69, 9.17) is 0 Å². The quantitative estimate of drug-likeness (QED) is 0.516. The number of likely N-dealkylation sites (N-methyl/N-ethyl adjacent to an activating group) is 1. The molecule has 0 spiro atoms. The molecule has 0 fully saturated rings. The molecule has 0 unspecified atom stereocenters. The number of sulfonamides is 1. The first-order valence-electron chi connectivity index (χ1n) is 11.3. The number of hydrogen-bond donors (Lipinski definition) is 1. The molecule has 1 aromatic heterocycles. The summed E-state index contributed by atoms with van der Waals surface area (Å²) >= 11 is 0. The molecule has 178 valence electrons. The van der Waals surface area contributed by atoms with Gasteiger partial charge in [-0.2, -0.15) is 4.31 Å². The van der Waals surface area contributed by atoms with E-state index in [0.29, 0.717) is 50.5 Å². The summed E-state index contributed by atoms with van der Waals surface area (Å²) in [7, 11) is -3.57. The second-order valence-electron chi connectivity index (χ2n) is 7.35. The Labute approximate surface area is 190 Å². The number of nitrogens with one attached hydrogen (secondary N) is 1. The van der Waals surface area contributed by atoms with E-state index in [1.165, 1.54) is 4.31 Å². The fourth-order valence-corrected chi connectivity index (χ4v) is 5.23. The fraction of sp³-hybridized carbons (Fsp3) is 0.591. The van der Waals surface area contributed by atoms with Crippen LogP contribution >= 0.6 is 0 Å². The minimum atomic E-state index is -3.57. The third kappa shape index (κ3) is 5.66. The van der Waals surface area contributed by atoms with Crippen molar-refractivity contribution in [2.75, 3.05) is 32.7 Å². The number of aryl methyl sites for hydroxylation is 2. The van der Waals surface area contributed by atoms with E-state index in [2.05, 4.69) is 10.3 Å². The number of hydrogen-bond acceptors (Lipinski definition) is 5. The lowest BCUT2D eigenvalue weighted by molar-refractivity contribution is -0.132. The molecule has 32 heavy (non-hydrogen) atoms. The van der Waals surface area contributed by atoms with Crippen molar-refractivity contribution in [1.82, 2.24) is 24.1 Å². The Morgan fingerprint density at radius 2 is 1.69 bits per heavy atom. The van der Waals surface area contributed by atoms with Crippen molar-refractivity contribution < 1.29 is 18.0 Å². The van der Waals surface area contributed by atoms with Gasteiger partial charge in [0, 0.05) is 45.6 Å². The predicted octanol–water partition coefficient (Wildman–Crippen LogP) is 2.00. The maximum atomic E-state index is 12.8. The van der Waals surface area contributed by atoms with E-state index in [0.717, 1.165) is 5.52 Å². The topological polar surface area (TPSA) is 105 Å². The number of carbonyl (C=O) groups excluding carboxylic acids is 2. The first kappa shape index (κ1) is 25.8. The van der Waals surface area contributed by atoms with E-state index in [-0.39, 0.29) is 29.7 Å². The highest BCUT2D eigenvalue weighted by Gasteiger charge is 2.23. The van der Waals surface area contributed by atoms with Crippen LogP contribution in [0, 0.1) is 0 Å². The minimum absolute atomic E-state index is 0.0166. The van der Waals surface area contributed by atoms with Gasteiger partial charge < -0.3 is 14.8 Å². The summed E-state index contributed by atoms with van der Waals surface area (Å²) in [5, 5.41) is 2.68. The average molecular weight is 466 g/mol. The lowest BCUT2D eigenvalue weighted by atomic mass is 10.2. The van der Waals surface area contributed by atoms with Gasteiger partial charge in [-0.05, 0) is 39.0 Å². The first-order chi connectivity index (χ1) is 15.2. The Morgan fingerprint density at radius 3 is 2.25 bits per heavy atom. The van der Waals surface area contributed by atoms with E-state index in [1.807, 2.05) is 39.2 Å². The van der Waals surface area contributed by atoms with E-state index < -0.39 is 10.0 Å². The summed E-state index contributed by atoms with van der Waals surface area (Å²) in [6, 6.07) is 4.98. The van der Waals surface area contributed by atoms with Gasteiger partial charge in [-0.25, -0.2) is 13.4 Å². The monoisotopic (exact) mass is 465 g/mol. The van der Waals surface area contributed by atoms with Crippen molar-refractivity contribution in [1.29, 1.82) is 0 Å². The largest absolute Gasteiger partial charge is 0.347 e. The first-order valence-corrected chi connectivity index (χ1v) is 12.7. The van der Waals surface area contributed by atoms with Gasteiger partial charge in [0.1, 0.15) is 5.82 Å². The SMILES string of the molecule is CCN(CC)C(=O)CNC(=O)CCc1nc2cc(S(=O)(=O)N(CC)CC)ccc2n1CC. The molecule has 10 heteroatoms. The van der Waals surface area contributed by atoms with Crippen molar-refractivity contribution in [2.24, 2.45) is 0 Å². The molecule has 0 atom stereocenters. The Balaban J connectivity index is 2.16. The van der Waals surface area contributed by atoms with Crippen LogP contribution in [0.2, 0.25) is 0 Å². The molecule has 9 nitrogen and oxygen atoms in total. The van der Waals surface area contributed by atoms with Crippen LogP contribution in [0.1, 0.15) is 46.9 Å². The molecule has 0 aliphatic carbocycles. The van der Waals surface area contributed by atoms with Crippen molar-refractivity contribution in [3.63, 3.8) is 0 Å². The summed E-state index contributed by atoms with van der Waals surface area (Å²) in [6.45, 7) is 12.0. The van der Waals surface area contributed by atoms with Crippen LogP contribution in [0.4, 0.5) is 0 Å². The molecular weight excluding hydrogens is 430 g/mol. The highest BCUT2D eigenvalue weighted by Crippen LogP contribution is 2.23. The molecule has 0 radical (unpaired) electrons. The Kier molecular flexibility index (Phi) is 9.21. The third-order valence-electron chi connectivity index (χ3n) is 5.59. The van der Waals surface area contributed by atoms with Crippen molar-refractivity contribution in [3.8, 4) is 0 Å². The molecule has 0 bridgehead atoms. The number of aromatic nitrogens is 2. The zero-order valence-electron chi connectivity index (χ0n) is 19.7. The van der Waals surface area contributed by atoms with Crippen LogP contribution in [0.3, 0.4) is 0 Å². The maximum absolute atomic E-state index is 12.8. The third-order valence-corrected chi connectivity index (χ3v) is 7.63. The molecule has 0 aliphatic heterocycles. The molecule has 2 aromatic rings. The van der Waals surface area contributed by atoms with Crippen LogP contribution < -0.4 is 5.32 Å². The van der Waals surface area contributed by atoms with Gasteiger partial charge in [0.15, 0.2) is 0 Å². The highest BCUT2D eigenvalue weighted by atomic mass is 32.2. The highest BCUT2D eigenvalue weighted by molar-refractivity contribution is 7.89. The number of benzene rings is 1. The van der Waals surface area contributed by atoms with Crippen molar-refractivity contribution in [3.05, 3.63) is 24.0 Å². The molecule has 0 saturated heterocycles. The van der Waals surface area contributed by atoms with Gasteiger partial charge in [0.25, 0.3) is 0 Å². The number of nitrogens with zero attached hydrogens (tertiary/aromatic N) is 4. The smallest absolute Gasteiger partial charge is 0.243 e. The van der Waals surface area contributed by atoms with Gasteiger partial charge in [-0.1, -0.05) is 13.8 Å². The zero-order chi connectivity index (χ0) is 23.9. The van der Waals surface area contributed by atoms with E-state index >= 15 is 0 Å². The van der Waals surface area contributed by atoms with Gasteiger partial charge in [0.2, 0.25) is 21.8 Å². The molecule has 1 heterocycles. The zero-order valence-corrected chi connectivity index (χ0v) is 20.5. The summed E-state index contributed by atoms with van der Waals surface area (Å²) in [5.41, 5.74) is 1.42. The van der Waals surface area contributed by atoms with Gasteiger partial charge in [-0.3, -0.25) is 9.59 Å². The predicted molar refractivity (Wildman–Crippen MR) is 125 cm³/mol. The molecule has 0 aliphatic rings. The standard InChI is InChI=1S/C22H35N5O4S/c1-6-25(7-2)22(29)16-23-21(28)14-13-20-24-18-15-17(11-12-19(18)27(20)10-5)32(30,31)26(8-3)9-4/h11-12,15H,6-10,13-14,16H2,1-5H3,(H,23,28). The number of fused-ring (bicyclic) bond motifs is 1. The van der Waals surface area contributed by atoms with Crippen LogP contribution in [0.25, 0.3) is 11.0 Å². The van der Waals surface area contributed by atoms with Crippen LogP contribution in [0.5, 0.6) is 0 Å². The molecule has 1 aromatic carbocycles. The Hall–Kier alpha value is -2.46. The summed E-state index contributed by atoms with van der Waals surface area (Å²) in [4.78, 5) is 30.8. The molecular formula is C22H35N5O4S. The summed E-state index contributed by atoms with van der Waals surface area (Å²) in [6.07, 6.45) is 0.589. The molecule has 1 N–H and O–H groups in total. The van der Waals surface area contributed by atoms with Gasteiger partial charge >= 0.3 is 0 Å². The number of carbonyl (C=O) groups is 2. The molecule has 2 rings (SSSR count). The maximum Gasteiger partial charge on any atom is 0.243 e. The average Bonchev–Trinajstić information content (AvgIpc) is 3.14.